The van der Waals surface area contributed by atoms with E-state index in [4.69, 9.17) is 4.74 Å². The highest BCUT2D eigenvalue weighted by molar-refractivity contribution is 7.92. The second-order valence-electron chi connectivity index (χ2n) is 11.3. The normalized spacial score (nSPS) is 19.8. The summed E-state index contributed by atoms with van der Waals surface area (Å²) in [7, 11) is -0.706. The lowest BCUT2D eigenvalue weighted by Gasteiger charge is -2.35. The number of likely N-dealkylation sites (tertiary alicyclic amines) is 1. The van der Waals surface area contributed by atoms with Crippen molar-refractivity contribution in [2.75, 3.05) is 37.7 Å². The molecule has 9 nitrogen and oxygen atoms in total. The van der Waals surface area contributed by atoms with Crippen LogP contribution in [-0.2, 0) is 14.8 Å². The number of aromatic amines is 1. The second kappa shape index (κ2) is 11.2. The summed E-state index contributed by atoms with van der Waals surface area (Å²) in [5.74, 6) is -2.01. The maximum atomic E-state index is 13.7. The molecule has 6 rings (SSSR count). The van der Waals surface area contributed by atoms with Crippen molar-refractivity contribution < 1.29 is 31.5 Å². The van der Waals surface area contributed by atoms with Crippen molar-refractivity contribution in [3.8, 4) is 5.75 Å². The van der Waals surface area contributed by atoms with Crippen LogP contribution in [0, 0.1) is 11.6 Å². The largest absolute Gasteiger partial charge is 0.484 e. The fraction of sp³-hybridized carbons (Fsp3) is 0.312. The lowest BCUT2D eigenvalue weighted by Crippen LogP contribution is -2.39. The van der Waals surface area contributed by atoms with E-state index in [0.29, 0.717) is 70.5 Å². The summed E-state index contributed by atoms with van der Waals surface area (Å²) in [5, 5.41) is 3.31. The van der Waals surface area contributed by atoms with Gasteiger partial charge in [0.2, 0.25) is 15.9 Å². The van der Waals surface area contributed by atoms with E-state index in [0.717, 1.165) is 6.26 Å². The summed E-state index contributed by atoms with van der Waals surface area (Å²) in [6, 6.07) is 13.4. The Bertz CT molecular complexity index is 1880. The number of aromatic nitrogens is 1. The minimum atomic E-state index is -3.69. The maximum absolute atomic E-state index is 13.7. The molecule has 3 atom stereocenters. The molecule has 0 spiro atoms. The Hall–Kier alpha value is -4.45. The molecule has 44 heavy (non-hydrogen) atoms. The Morgan fingerprint density at radius 2 is 1.77 bits per heavy atom. The first-order valence-electron chi connectivity index (χ1n) is 14.3. The molecule has 12 heteroatoms. The molecule has 2 amide bonds. The Balaban J connectivity index is 1.40. The number of piperidine rings is 1. The summed E-state index contributed by atoms with van der Waals surface area (Å²) >= 11 is 0. The number of ether oxygens (including phenoxy) is 1. The predicted molar refractivity (Wildman–Crippen MR) is 162 cm³/mol. The summed E-state index contributed by atoms with van der Waals surface area (Å²) < 4.78 is 60.5. The number of nitrogens with zero attached hydrogens (tertiary/aromatic N) is 2. The number of H-pyrrole nitrogens is 1. The molecular weight excluding hydrogens is 590 g/mol. The third-order valence-electron chi connectivity index (χ3n) is 8.64. The number of fused-ring (bicyclic) bond motifs is 2. The zero-order valence-electron chi connectivity index (χ0n) is 24.4. The van der Waals surface area contributed by atoms with Crippen LogP contribution < -0.4 is 14.4 Å². The molecule has 2 unspecified atom stereocenters. The van der Waals surface area contributed by atoms with Gasteiger partial charge in [0.25, 0.3) is 5.91 Å². The van der Waals surface area contributed by atoms with Crippen molar-refractivity contribution in [2.45, 2.75) is 30.8 Å². The van der Waals surface area contributed by atoms with Crippen LogP contribution in [-0.4, -0.2) is 63.6 Å². The standard InChI is InChI=1S/C32H32F2N4O5S/c1-35-31(39)29-24-14-23(19-5-4-12-38(17-19)32(40)25-16-36-26-13-21(34)10-11-22(25)26)27(37(2)44(3,41)42)15-28(24)43-30(29)18-6-8-20(33)9-7-18/h6-11,13-16,19,29-30,36H,4-5,12,17H2,1-3H3,(H,35,39)/t19-,29?,30?/m0/s1. The van der Waals surface area contributed by atoms with Gasteiger partial charge in [-0.25, -0.2) is 17.2 Å². The van der Waals surface area contributed by atoms with E-state index in [-0.39, 0.29) is 17.7 Å². The van der Waals surface area contributed by atoms with Gasteiger partial charge in [0, 0.05) is 61.8 Å². The summed E-state index contributed by atoms with van der Waals surface area (Å²) in [6.07, 6.45) is 3.28. The highest BCUT2D eigenvalue weighted by Gasteiger charge is 2.42. The van der Waals surface area contributed by atoms with E-state index in [1.165, 1.54) is 42.7 Å². The van der Waals surface area contributed by atoms with Gasteiger partial charge in [0.1, 0.15) is 29.4 Å². The number of carbonyl (C=O) groups excluding carboxylic acids is 2. The van der Waals surface area contributed by atoms with Crippen LogP contribution in [0.15, 0.2) is 60.8 Å². The molecule has 0 aliphatic carbocycles. The Morgan fingerprint density at radius 1 is 1.05 bits per heavy atom. The first-order valence-corrected chi connectivity index (χ1v) is 16.1. The summed E-state index contributed by atoms with van der Waals surface area (Å²) in [5.41, 5.74) is 3.20. The van der Waals surface area contributed by atoms with Gasteiger partial charge in [-0.2, -0.15) is 0 Å². The van der Waals surface area contributed by atoms with Crippen LogP contribution in [0.1, 0.15) is 57.8 Å². The van der Waals surface area contributed by atoms with Crippen molar-refractivity contribution >= 4 is 38.4 Å². The van der Waals surface area contributed by atoms with Gasteiger partial charge < -0.3 is 19.9 Å². The molecule has 1 fully saturated rings. The predicted octanol–water partition coefficient (Wildman–Crippen LogP) is 4.83. The third-order valence-corrected chi connectivity index (χ3v) is 9.83. The number of carbonyl (C=O) groups is 2. The molecule has 2 aliphatic heterocycles. The molecular formula is C32H32F2N4O5S. The minimum Gasteiger partial charge on any atom is -0.484 e. The van der Waals surface area contributed by atoms with Crippen molar-refractivity contribution in [3.63, 3.8) is 0 Å². The van der Waals surface area contributed by atoms with Crippen LogP contribution in [0.2, 0.25) is 0 Å². The van der Waals surface area contributed by atoms with Crippen LogP contribution in [0.25, 0.3) is 10.9 Å². The monoisotopic (exact) mass is 622 g/mol. The minimum absolute atomic E-state index is 0.213. The van der Waals surface area contributed by atoms with Crippen LogP contribution >= 0.6 is 0 Å². The molecule has 0 radical (unpaired) electrons. The number of nitrogens with one attached hydrogen (secondary N) is 2. The van der Waals surface area contributed by atoms with Crippen LogP contribution in [0.3, 0.4) is 0 Å². The van der Waals surface area contributed by atoms with E-state index in [2.05, 4.69) is 10.3 Å². The number of benzene rings is 3. The zero-order chi connectivity index (χ0) is 31.3. The van der Waals surface area contributed by atoms with Crippen molar-refractivity contribution in [1.29, 1.82) is 0 Å². The fourth-order valence-electron chi connectivity index (χ4n) is 6.30. The molecule has 0 saturated carbocycles. The highest BCUT2D eigenvalue weighted by atomic mass is 32.2. The number of hydrogen-bond acceptors (Lipinski definition) is 5. The van der Waals surface area contributed by atoms with E-state index < -0.39 is 33.7 Å². The number of halogens is 2. The third kappa shape index (κ3) is 5.27. The smallest absolute Gasteiger partial charge is 0.256 e. The molecule has 2 N–H and O–H groups in total. The molecule has 3 heterocycles. The van der Waals surface area contributed by atoms with Gasteiger partial charge in [-0.15, -0.1) is 0 Å². The van der Waals surface area contributed by atoms with Gasteiger partial charge in [0.15, 0.2) is 0 Å². The van der Waals surface area contributed by atoms with Gasteiger partial charge in [-0.05, 0) is 60.4 Å². The molecule has 0 bridgehead atoms. The number of anilines is 1. The van der Waals surface area contributed by atoms with E-state index in [9.17, 15) is 26.8 Å². The summed E-state index contributed by atoms with van der Waals surface area (Å²) in [6.45, 7) is 0.811. The molecule has 1 saturated heterocycles. The molecule has 1 aromatic heterocycles. The maximum Gasteiger partial charge on any atom is 0.256 e. The Kier molecular flexibility index (Phi) is 7.56. The van der Waals surface area contributed by atoms with E-state index in [1.54, 1.807) is 35.4 Å². The average molecular weight is 623 g/mol. The lowest BCUT2D eigenvalue weighted by atomic mass is 9.84. The van der Waals surface area contributed by atoms with Crippen molar-refractivity contribution in [1.82, 2.24) is 15.2 Å². The van der Waals surface area contributed by atoms with Crippen molar-refractivity contribution in [2.24, 2.45) is 0 Å². The topological polar surface area (TPSA) is 112 Å². The molecule has 230 valence electrons. The Labute approximate surface area is 253 Å². The number of hydrogen-bond donors (Lipinski definition) is 2. The number of amides is 2. The number of likely N-dealkylation sites (N-methyl/N-ethyl adjacent to an activating group) is 1. The van der Waals surface area contributed by atoms with E-state index in [1.807, 2.05) is 6.07 Å². The number of sulfonamides is 1. The van der Waals surface area contributed by atoms with E-state index >= 15 is 0 Å². The SMILES string of the molecule is CNC(=O)C1c2cc([C@H]3CCCN(C(=O)c4c[nH]c5cc(F)ccc45)C3)c(N(C)S(C)(=O)=O)cc2OC1c1ccc(F)cc1. The first-order chi connectivity index (χ1) is 21.0. The lowest BCUT2D eigenvalue weighted by molar-refractivity contribution is -0.123. The molecule has 2 aliphatic rings. The second-order valence-corrected chi connectivity index (χ2v) is 13.4. The van der Waals surface area contributed by atoms with Gasteiger partial charge in [-0.1, -0.05) is 12.1 Å². The average Bonchev–Trinajstić information content (AvgIpc) is 3.60. The van der Waals surface area contributed by atoms with Crippen LogP contribution in [0.4, 0.5) is 14.5 Å². The summed E-state index contributed by atoms with van der Waals surface area (Å²) in [4.78, 5) is 31.7. The fourth-order valence-corrected chi connectivity index (χ4v) is 6.82. The van der Waals surface area contributed by atoms with Crippen molar-refractivity contribution in [3.05, 3.63) is 94.7 Å². The van der Waals surface area contributed by atoms with Gasteiger partial charge in [0.05, 0.1) is 17.5 Å². The molecule has 4 aromatic rings. The quantitative estimate of drug-likeness (QED) is 0.320. The number of rotatable bonds is 6. The Morgan fingerprint density at radius 3 is 2.48 bits per heavy atom. The van der Waals surface area contributed by atoms with Gasteiger partial charge >= 0.3 is 0 Å². The van der Waals surface area contributed by atoms with Gasteiger partial charge in [-0.3, -0.25) is 13.9 Å². The zero-order valence-corrected chi connectivity index (χ0v) is 25.3. The molecule has 3 aromatic carbocycles. The van der Waals surface area contributed by atoms with Crippen LogP contribution in [0.5, 0.6) is 5.75 Å². The highest BCUT2D eigenvalue weighted by Crippen LogP contribution is 2.50. The first kappa shape index (κ1) is 29.6.